The Hall–Kier alpha value is -2.28. The lowest BCUT2D eigenvalue weighted by Crippen LogP contribution is -2.09. The second-order valence-electron chi connectivity index (χ2n) is 4.55. The molecule has 0 aliphatic rings. The van der Waals surface area contributed by atoms with Crippen molar-refractivity contribution in [2.24, 2.45) is 5.73 Å². The molecule has 0 aliphatic heterocycles. The van der Waals surface area contributed by atoms with E-state index in [1.54, 1.807) is 13.0 Å². The van der Waals surface area contributed by atoms with E-state index in [2.05, 4.69) is 10.2 Å². The predicted molar refractivity (Wildman–Crippen MR) is 75.0 cm³/mol. The molecule has 2 rings (SSSR count). The van der Waals surface area contributed by atoms with Crippen LogP contribution < -0.4 is 5.73 Å². The highest BCUT2D eigenvalue weighted by molar-refractivity contribution is 5.61. The summed E-state index contributed by atoms with van der Waals surface area (Å²) in [6.07, 6.45) is 0.909. The molecular weight excluding hydrogens is 258 g/mol. The molecule has 0 aliphatic carbocycles. The maximum absolute atomic E-state index is 11.0. The molecule has 0 fully saturated rings. The molecule has 0 bridgehead atoms. The molecule has 1 aromatic heterocycles. The fraction of sp³-hybridized carbons (Fsp3) is 0.385. The van der Waals surface area contributed by atoms with Crippen molar-refractivity contribution in [1.29, 1.82) is 0 Å². The van der Waals surface area contributed by atoms with E-state index in [0.717, 1.165) is 13.0 Å². The number of nitrogens with two attached hydrogens (primary N) is 1. The summed E-state index contributed by atoms with van der Waals surface area (Å²) in [5.74, 6) is 1.31. The first-order valence-corrected chi connectivity index (χ1v) is 6.46. The van der Waals surface area contributed by atoms with Crippen molar-refractivity contribution in [3.05, 3.63) is 39.7 Å². The lowest BCUT2D eigenvalue weighted by molar-refractivity contribution is -0.385. The topological polar surface area (TPSA) is 99.9 Å². The number of aromatic nitrogens is 3. The predicted octanol–water partition coefficient (Wildman–Crippen LogP) is 2.03. The Morgan fingerprint density at radius 1 is 1.40 bits per heavy atom. The van der Waals surface area contributed by atoms with Crippen molar-refractivity contribution in [1.82, 2.24) is 14.8 Å². The summed E-state index contributed by atoms with van der Waals surface area (Å²) in [4.78, 5) is 10.6. The van der Waals surface area contributed by atoms with Gasteiger partial charge in [0.15, 0.2) is 5.82 Å². The maximum atomic E-state index is 11.0. The summed E-state index contributed by atoms with van der Waals surface area (Å²) in [5, 5.41) is 19.2. The lowest BCUT2D eigenvalue weighted by Gasteiger charge is -2.08. The smallest absolute Gasteiger partial charge is 0.273 e. The Bertz CT molecular complexity index is 636. The van der Waals surface area contributed by atoms with Crippen molar-refractivity contribution in [3.63, 3.8) is 0 Å². The second kappa shape index (κ2) is 5.79. The molecule has 0 amide bonds. The van der Waals surface area contributed by atoms with Crippen LogP contribution in [0.2, 0.25) is 0 Å². The molecule has 106 valence electrons. The first-order chi connectivity index (χ1) is 9.58. The first kappa shape index (κ1) is 14.1. The van der Waals surface area contributed by atoms with Crippen molar-refractivity contribution in [2.75, 3.05) is 0 Å². The molecule has 2 N–H and O–H groups in total. The normalized spacial score (nSPS) is 10.8. The van der Waals surface area contributed by atoms with Crippen LogP contribution in [0, 0.1) is 17.0 Å². The molecule has 0 spiro atoms. The minimum absolute atomic E-state index is 0.0860. The molecular formula is C13H17N5O2. The van der Waals surface area contributed by atoms with Gasteiger partial charge in [-0.2, -0.15) is 0 Å². The zero-order valence-corrected chi connectivity index (χ0v) is 11.5. The average Bonchev–Trinajstić information content (AvgIpc) is 2.82. The molecule has 0 radical (unpaired) electrons. The molecule has 1 heterocycles. The van der Waals surface area contributed by atoms with Gasteiger partial charge in [0.2, 0.25) is 0 Å². The van der Waals surface area contributed by atoms with Crippen LogP contribution in [0.3, 0.4) is 0 Å². The van der Waals surface area contributed by atoms with Crippen molar-refractivity contribution in [2.45, 2.75) is 33.4 Å². The number of nitro benzene ring substituents is 1. The molecule has 7 nitrogen and oxygen atoms in total. The van der Waals surface area contributed by atoms with E-state index in [1.807, 2.05) is 17.6 Å². The van der Waals surface area contributed by atoms with E-state index in [1.165, 1.54) is 6.07 Å². The first-order valence-electron chi connectivity index (χ1n) is 6.46. The summed E-state index contributed by atoms with van der Waals surface area (Å²) < 4.78 is 1.91. The minimum Gasteiger partial charge on any atom is -0.324 e. The molecule has 1 aromatic carbocycles. The highest BCUT2D eigenvalue weighted by Gasteiger charge is 2.17. The van der Waals surface area contributed by atoms with Crippen LogP contribution in [0.4, 0.5) is 5.69 Å². The molecule has 2 aromatic rings. The lowest BCUT2D eigenvalue weighted by atomic mass is 10.1. The van der Waals surface area contributed by atoms with E-state index >= 15 is 0 Å². The number of aryl methyl sites for hydroxylation is 1. The highest BCUT2D eigenvalue weighted by atomic mass is 16.6. The van der Waals surface area contributed by atoms with Crippen molar-refractivity contribution >= 4 is 5.69 Å². The quantitative estimate of drug-likeness (QED) is 0.664. The van der Waals surface area contributed by atoms with Crippen LogP contribution in [-0.2, 0) is 13.1 Å². The summed E-state index contributed by atoms with van der Waals surface area (Å²) in [5.41, 5.74) is 7.04. The van der Waals surface area contributed by atoms with Gasteiger partial charge in [-0.3, -0.25) is 10.1 Å². The highest BCUT2D eigenvalue weighted by Crippen LogP contribution is 2.26. The Morgan fingerprint density at radius 2 is 2.15 bits per heavy atom. The van der Waals surface area contributed by atoms with Crippen LogP contribution in [0.15, 0.2) is 18.2 Å². The largest absolute Gasteiger partial charge is 0.324 e. The monoisotopic (exact) mass is 275 g/mol. The van der Waals surface area contributed by atoms with Crippen LogP contribution in [-0.4, -0.2) is 19.7 Å². The number of benzene rings is 1. The number of hydrogen-bond acceptors (Lipinski definition) is 5. The van der Waals surface area contributed by atoms with Crippen LogP contribution in [0.25, 0.3) is 11.4 Å². The fourth-order valence-electron chi connectivity index (χ4n) is 2.10. The van der Waals surface area contributed by atoms with E-state index in [-0.39, 0.29) is 10.6 Å². The zero-order valence-electron chi connectivity index (χ0n) is 11.5. The van der Waals surface area contributed by atoms with Gasteiger partial charge in [-0.15, -0.1) is 10.2 Å². The number of hydrogen-bond donors (Lipinski definition) is 1. The molecule has 0 atom stereocenters. The number of nitro groups is 1. The molecule has 0 saturated carbocycles. The van der Waals surface area contributed by atoms with Crippen molar-refractivity contribution < 1.29 is 4.92 Å². The van der Waals surface area contributed by atoms with E-state index in [4.69, 9.17) is 5.73 Å². The summed E-state index contributed by atoms with van der Waals surface area (Å²) in [6, 6.07) is 5.07. The van der Waals surface area contributed by atoms with Crippen molar-refractivity contribution in [3.8, 4) is 11.4 Å². The summed E-state index contributed by atoms with van der Waals surface area (Å²) >= 11 is 0. The zero-order chi connectivity index (χ0) is 14.7. The summed E-state index contributed by atoms with van der Waals surface area (Å²) in [7, 11) is 0. The fourth-order valence-corrected chi connectivity index (χ4v) is 2.10. The molecule has 0 saturated heterocycles. The Kier molecular flexibility index (Phi) is 4.09. The van der Waals surface area contributed by atoms with Crippen LogP contribution in [0.1, 0.15) is 24.7 Å². The molecule has 0 unspecified atom stereocenters. The van der Waals surface area contributed by atoms with E-state index in [0.29, 0.717) is 29.3 Å². The van der Waals surface area contributed by atoms with Gasteiger partial charge in [-0.1, -0.05) is 19.1 Å². The van der Waals surface area contributed by atoms with Gasteiger partial charge >= 0.3 is 0 Å². The Balaban J connectivity index is 2.54. The Morgan fingerprint density at radius 3 is 2.75 bits per heavy atom. The van der Waals surface area contributed by atoms with E-state index in [9.17, 15) is 10.1 Å². The second-order valence-corrected chi connectivity index (χ2v) is 4.55. The third-order valence-corrected chi connectivity index (χ3v) is 3.12. The van der Waals surface area contributed by atoms with Crippen LogP contribution in [0.5, 0.6) is 0 Å². The molecule has 20 heavy (non-hydrogen) atoms. The van der Waals surface area contributed by atoms with Gasteiger partial charge in [0.25, 0.3) is 5.69 Å². The van der Waals surface area contributed by atoms with Gasteiger partial charge in [-0.05, 0) is 13.3 Å². The van der Waals surface area contributed by atoms with Gasteiger partial charge in [0, 0.05) is 23.7 Å². The van der Waals surface area contributed by atoms with Gasteiger partial charge in [0.1, 0.15) is 5.82 Å². The standard InChI is InChI=1S/C13H17N5O2/c1-3-6-17-12(8-14)15-16-13(17)10-5-4-9(2)11(7-10)18(19)20/h4-5,7H,3,6,8,14H2,1-2H3. The third kappa shape index (κ3) is 2.53. The van der Waals surface area contributed by atoms with Gasteiger partial charge in [0.05, 0.1) is 11.5 Å². The minimum atomic E-state index is -0.386. The molecule has 7 heteroatoms. The van der Waals surface area contributed by atoms with E-state index < -0.39 is 0 Å². The summed E-state index contributed by atoms with van der Waals surface area (Å²) in [6.45, 7) is 4.78. The Labute approximate surface area is 116 Å². The number of nitrogens with zero attached hydrogens (tertiary/aromatic N) is 4. The van der Waals surface area contributed by atoms with Gasteiger partial charge < -0.3 is 10.3 Å². The SMILES string of the molecule is CCCn1c(CN)nnc1-c1ccc(C)c([N+](=O)[O-])c1. The third-order valence-electron chi connectivity index (χ3n) is 3.12. The van der Waals surface area contributed by atoms with Gasteiger partial charge in [-0.25, -0.2) is 0 Å². The van der Waals surface area contributed by atoms with Crippen LogP contribution >= 0.6 is 0 Å². The number of rotatable bonds is 5. The maximum Gasteiger partial charge on any atom is 0.273 e. The average molecular weight is 275 g/mol.